The predicted octanol–water partition coefficient (Wildman–Crippen LogP) is 15.1. The molecule has 0 atom stereocenters. The first kappa shape index (κ1) is 36.1. The summed E-state index contributed by atoms with van der Waals surface area (Å²) in [4.78, 5) is 30.8. The molecule has 0 unspecified atom stereocenters. The van der Waals surface area contributed by atoms with Gasteiger partial charge in [0.25, 0.3) is 0 Å². The standard InChI is InChI=1S/C56H42O4/c1-55(2,3)59-53(57)51-49-41-29-25-33-17-9-13-21-37(33)45(41)43-35-19-11-7-15-31(35)23-27-39(43)47(49)48-40-28-24-32-16-8-12-20-36(32)44(40)46-38-22-14-10-18-34(38)26-30-42(46)50(48)52(51)54(58)60-56(4,5)6/h7-30H,1-6H3. The molecule has 0 aliphatic carbocycles. The van der Waals surface area contributed by atoms with Crippen molar-refractivity contribution < 1.29 is 19.1 Å². The quantitative estimate of drug-likeness (QED) is 0.130. The maximum absolute atomic E-state index is 15.4. The Kier molecular flexibility index (Phi) is 7.65. The molecule has 290 valence electrons. The highest BCUT2D eigenvalue weighted by Gasteiger charge is 2.35. The number of fused-ring (bicyclic) bond motifs is 21. The van der Waals surface area contributed by atoms with E-state index in [-0.39, 0.29) is 11.1 Å². The highest BCUT2D eigenvalue weighted by molar-refractivity contribution is 6.49. The summed E-state index contributed by atoms with van der Waals surface area (Å²) in [6.45, 7) is 11.2. The Morgan fingerprint density at radius 2 is 0.550 bits per heavy atom. The minimum absolute atomic E-state index is 0.214. The molecule has 0 radical (unpaired) electrons. The average Bonchev–Trinajstić information content (AvgIpc) is 3.23. The first-order chi connectivity index (χ1) is 28.9. The van der Waals surface area contributed by atoms with Crippen molar-refractivity contribution >= 4 is 120 Å². The molecule has 0 aliphatic rings. The molecule has 0 N–H and O–H groups in total. The van der Waals surface area contributed by atoms with E-state index < -0.39 is 23.1 Å². The number of carbonyl (C=O) groups excluding carboxylic acids is 2. The lowest BCUT2D eigenvalue weighted by molar-refractivity contribution is 0.00225. The van der Waals surface area contributed by atoms with E-state index in [4.69, 9.17) is 9.47 Å². The van der Waals surface area contributed by atoms with Crippen molar-refractivity contribution in [3.63, 3.8) is 0 Å². The monoisotopic (exact) mass is 778 g/mol. The Hall–Kier alpha value is -7.04. The van der Waals surface area contributed by atoms with Crippen LogP contribution in [0.4, 0.5) is 0 Å². The van der Waals surface area contributed by atoms with Gasteiger partial charge in [0.1, 0.15) is 11.2 Å². The Bertz CT molecular complexity index is 3470. The van der Waals surface area contributed by atoms with Gasteiger partial charge in [-0.15, -0.1) is 0 Å². The fourth-order valence-corrected chi connectivity index (χ4v) is 9.89. The summed E-state index contributed by atoms with van der Waals surface area (Å²) in [6, 6.07) is 51.2. The van der Waals surface area contributed by atoms with Crippen LogP contribution in [0.1, 0.15) is 62.3 Å². The SMILES string of the molecule is CC(C)(C)OC(=O)c1c(C(=O)OC(C)(C)C)c2c3ccc4ccccc4c3c3c4ccccc4ccc3c2c2c3ccc4ccccc4c3c3c4ccccc4ccc3c12. The molecule has 0 aromatic heterocycles. The van der Waals surface area contributed by atoms with Gasteiger partial charge in [0, 0.05) is 10.8 Å². The van der Waals surface area contributed by atoms with Gasteiger partial charge in [-0.25, -0.2) is 9.59 Å². The molecule has 4 heteroatoms. The van der Waals surface area contributed by atoms with Crippen LogP contribution in [0.3, 0.4) is 0 Å². The van der Waals surface area contributed by atoms with Crippen molar-refractivity contribution in [3.05, 3.63) is 157 Å². The average molecular weight is 779 g/mol. The Labute approximate surface area is 346 Å². The zero-order valence-electron chi connectivity index (χ0n) is 34.5. The molecule has 0 fully saturated rings. The number of ether oxygens (including phenoxy) is 2. The molecule has 0 amide bonds. The second-order valence-corrected chi connectivity index (χ2v) is 18.1. The second-order valence-electron chi connectivity index (χ2n) is 18.1. The molecular formula is C56H42O4. The Balaban J connectivity index is 1.57. The summed E-state index contributed by atoms with van der Waals surface area (Å²) in [6.07, 6.45) is 0. The normalized spacial score (nSPS) is 12.6. The van der Waals surface area contributed by atoms with Gasteiger partial charge in [0.2, 0.25) is 0 Å². The number of hydrogen-bond acceptors (Lipinski definition) is 4. The van der Waals surface area contributed by atoms with Crippen LogP contribution in [-0.4, -0.2) is 23.1 Å². The molecule has 0 heterocycles. The molecule has 4 nitrogen and oxygen atoms in total. The molecule has 60 heavy (non-hydrogen) atoms. The maximum Gasteiger partial charge on any atom is 0.340 e. The van der Waals surface area contributed by atoms with E-state index in [9.17, 15) is 0 Å². The van der Waals surface area contributed by atoms with Gasteiger partial charge in [-0.05, 0) is 138 Å². The minimum Gasteiger partial charge on any atom is -0.456 e. The van der Waals surface area contributed by atoms with Crippen molar-refractivity contribution in [2.24, 2.45) is 0 Å². The lowest BCUT2D eigenvalue weighted by atomic mass is 9.79. The largest absolute Gasteiger partial charge is 0.456 e. The third-order valence-corrected chi connectivity index (χ3v) is 12.0. The summed E-state index contributed by atoms with van der Waals surface area (Å²) in [5.74, 6) is -1.14. The highest BCUT2D eigenvalue weighted by Crippen LogP contribution is 2.52. The molecule has 0 saturated heterocycles. The van der Waals surface area contributed by atoms with Crippen LogP contribution in [0.15, 0.2) is 146 Å². The smallest absolute Gasteiger partial charge is 0.340 e. The van der Waals surface area contributed by atoms with Crippen LogP contribution < -0.4 is 0 Å². The lowest BCUT2D eigenvalue weighted by Crippen LogP contribution is -2.28. The van der Waals surface area contributed by atoms with Gasteiger partial charge < -0.3 is 9.47 Å². The molecule has 0 bridgehead atoms. The molecule has 0 saturated carbocycles. The van der Waals surface area contributed by atoms with E-state index in [1.165, 1.54) is 0 Å². The molecule has 11 aromatic rings. The van der Waals surface area contributed by atoms with E-state index in [0.29, 0.717) is 10.8 Å². The molecule has 0 aliphatic heterocycles. The van der Waals surface area contributed by atoms with Crippen molar-refractivity contribution in [2.45, 2.75) is 52.7 Å². The van der Waals surface area contributed by atoms with Crippen LogP contribution in [-0.2, 0) is 9.47 Å². The van der Waals surface area contributed by atoms with Crippen molar-refractivity contribution in [1.29, 1.82) is 0 Å². The summed E-state index contributed by atoms with van der Waals surface area (Å²) in [5, 5.41) is 19.9. The molecule has 11 rings (SSSR count). The first-order valence-electron chi connectivity index (χ1n) is 20.7. The number of benzene rings is 11. The van der Waals surface area contributed by atoms with E-state index in [1.54, 1.807) is 0 Å². The van der Waals surface area contributed by atoms with Crippen LogP contribution in [0, 0.1) is 0 Å². The van der Waals surface area contributed by atoms with E-state index in [0.717, 1.165) is 97.0 Å². The zero-order chi connectivity index (χ0) is 41.2. The lowest BCUT2D eigenvalue weighted by Gasteiger charge is -2.27. The topological polar surface area (TPSA) is 52.6 Å². The van der Waals surface area contributed by atoms with Crippen LogP contribution in [0.25, 0.3) is 108 Å². The molecular weight excluding hydrogens is 737 g/mol. The second kappa shape index (κ2) is 12.7. The van der Waals surface area contributed by atoms with Crippen LogP contribution in [0.5, 0.6) is 0 Å². The van der Waals surface area contributed by atoms with Gasteiger partial charge in [0.05, 0.1) is 11.1 Å². The Morgan fingerprint density at radius 1 is 0.300 bits per heavy atom. The minimum atomic E-state index is -0.861. The molecule has 11 aromatic carbocycles. The van der Waals surface area contributed by atoms with Crippen molar-refractivity contribution in [1.82, 2.24) is 0 Å². The molecule has 0 spiro atoms. The summed E-state index contributed by atoms with van der Waals surface area (Å²) < 4.78 is 12.8. The number of rotatable bonds is 2. The van der Waals surface area contributed by atoms with Gasteiger partial charge >= 0.3 is 11.9 Å². The third-order valence-electron chi connectivity index (χ3n) is 12.0. The van der Waals surface area contributed by atoms with Gasteiger partial charge in [-0.1, -0.05) is 146 Å². The van der Waals surface area contributed by atoms with Crippen molar-refractivity contribution in [2.75, 3.05) is 0 Å². The summed E-state index contributed by atoms with van der Waals surface area (Å²) >= 11 is 0. The highest BCUT2D eigenvalue weighted by atomic mass is 16.6. The fourth-order valence-electron chi connectivity index (χ4n) is 9.89. The predicted molar refractivity (Wildman–Crippen MR) is 252 cm³/mol. The number of carbonyl (C=O) groups is 2. The summed E-state index contributed by atoms with van der Waals surface area (Å²) in [7, 11) is 0. The number of hydrogen-bond donors (Lipinski definition) is 0. The summed E-state index contributed by atoms with van der Waals surface area (Å²) in [5.41, 5.74) is -1.29. The number of esters is 2. The van der Waals surface area contributed by atoms with E-state index in [1.807, 2.05) is 41.5 Å². The fraction of sp³-hybridized carbons (Fsp3) is 0.143. The van der Waals surface area contributed by atoms with Gasteiger partial charge in [0.15, 0.2) is 0 Å². The van der Waals surface area contributed by atoms with Crippen molar-refractivity contribution in [3.8, 4) is 0 Å². The Morgan fingerprint density at radius 3 is 0.817 bits per heavy atom. The van der Waals surface area contributed by atoms with Gasteiger partial charge in [-0.2, -0.15) is 0 Å². The zero-order valence-corrected chi connectivity index (χ0v) is 34.5. The van der Waals surface area contributed by atoms with E-state index >= 15 is 9.59 Å². The van der Waals surface area contributed by atoms with Crippen LogP contribution in [0.2, 0.25) is 0 Å². The third kappa shape index (κ3) is 5.30. The van der Waals surface area contributed by atoms with E-state index in [2.05, 4.69) is 146 Å². The maximum atomic E-state index is 15.4. The van der Waals surface area contributed by atoms with Crippen LogP contribution >= 0.6 is 0 Å². The van der Waals surface area contributed by atoms with Gasteiger partial charge in [-0.3, -0.25) is 0 Å². The first-order valence-corrected chi connectivity index (χ1v) is 20.7.